The molecule has 162 valence electrons. The Labute approximate surface area is 173 Å². The summed E-state index contributed by atoms with van der Waals surface area (Å²) in [7, 11) is -4.32. The molecule has 0 radical (unpaired) electrons. The van der Waals surface area contributed by atoms with Crippen molar-refractivity contribution in [1.82, 2.24) is 24.6 Å². The van der Waals surface area contributed by atoms with Crippen molar-refractivity contribution in [2.75, 3.05) is 6.54 Å². The molecule has 30 heavy (non-hydrogen) atoms. The molecule has 0 spiro atoms. The first-order valence-electron chi connectivity index (χ1n) is 10.0. The van der Waals surface area contributed by atoms with Gasteiger partial charge < -0.3 is 5.32 Å². The molecule has 1 N–H and O–H groups in total. The third-order valence-corrected chi connectivity index (χ3v) is 7.44. The van der Waals surface area contributed by atoms with E-state index in [-0.39, 0.29) is 24.2 Å². The summed E-state index contributed by atoms with van der Waals surface area (Å²) in [5.41, 5.74) is 0.212. The van der Waals surface area contributed by atoms with Crippen molar-refractivity contribution in [3.8, 4) is 0 Å². The fraction of sp³-hybridized carbons (Fsp3) is 0.526. The van der Waals surface area contributed by atoms with E-state index in [2.05, 4.69) is 15.6 Å². The number of carbonyl (C=O) groups is 1. The largest absolute Gasteiger partial charge is 0.348 e. The van der Waals surface area contributed by atoms with Crippen LogP contribution in [-0.4, -0.2) is 52.3 Å². The molecule has 4 rings (SSSR count). The second-order valence-corrected chi connectivity index (χ2v) is 9.55. The standard InChI is InChI=1S/C19H23F2N5O3S/c20-15-5-3-6-16(21)18(15)30(28,29)26-10-2-1-4-14(26)9-11-25-12-17(23-24-25)19(27)22-13-7-8-13/h3,5-6,12-14H,1-2,4,7-11H2,(H,22,27). The Hall–Kier alpha value is -2.40. The van der Waals surface area contributed by atoms with Crippen LogP contribution in [-0.2, 0) is 16.6 Å². The van der Waals surface area contributed by atoms with Gasteiger partial charge in [0.15, 0.2) is 10.6 Å². The van der Waals surface area contributed by atoms with E-state index in [1.54, 1.807) is 0 Å². The van der Waals surface area contributed by atoms with Gasteiger partial charge in [0.2, 0.25) is 10.0 Å². The molecule has 1 atom stereocenters. The molecule has 2 fully saturated rings. The Morgan fingerprint density at radius 1 is 1.17 bits per heavy atom. The fourth-order valence-corrected chi connectivity index (χ4v) is 5.54. The van der Waals surface area contributed by atoms with Crippen LogP contribution < -0.4 is 5.32 Å². The number of nitrogens with zero attached hydrogens (tertiary/aromatic N) is 4. The lowest BCUT2D eigenvalue weighted by Crippen LogP contribution is -2.44. The number of benzene rings is 1. The molecule has 1 aromatic heterocycles. The summed E-state index contributed by atoms with van der Waals surface area (Å²) in [6.45, 7) is 0.535. The molecule has 1 amide bonds. The number of rotatable bonds is 7. The van der Waals surface area contributed by atoms with Crippen LogP contribution in [0.25, 0.3) is 0 Å². The van der Waals surface area contributed by atoms with Crippen molar-refractivity contribution in [3.63, 3.8) is 0 Å². The van der Waals surface area contributed by atoms with Crippen LogP contribution >= 0.6 is 0 Å². The minimum absolute atomic E-state index is 0.202. The van der Waals surface area contributed by atoms with Crippen molar-refractivity contribution in [1.29, 1.82) is 0 Å². The third-order valence-electron chi connectivity index (χ3n) is 5.43. The Balaban J connectivity index is 1.46. The highest BCUT2D eigenvalue weighted by Gasteiger charge is 2.37. The molecular formula is C19H23F2N5O3S. The van der Waals surface area contributed by atoms with E-state index in [9.17, 15) is 22.0 Å². The van der Waals surface area contributed by atoms with E-state index in [0.29, 0.717) is 25.8 Å². The van der Waals surface area contributed by atoms with Crippen molar-refractivity contribution in [3.05, 3.63) is 41.7 Å². The number of hydrogen-bond acceptors (Lipinski definition) is 5. The topological polar surface area (TPSA) is 97.2 Å². The third kappa shape index (κ3) is 4.36. The minimum atomic E-state index is -4.32. The second kappa shape index (κ2) is 8.38. The Morgan fingerprint density at radius 3 is 2.60 bits per heavy atom. The average Bonchev–Trinajstić information content (AvgIpc) is 3.39. The maximum atomic E-state index is 14.1. The normalized spacial score (nSPS) is 20.3. The monoisotopic (exact) mass is 439 g/mol. The van der Waals surface area contributed by atoms with E-state index in [1.165, 1.54) is 15.2 Å². The number of sulfonamides is 1. The van der Waals surface area contributed by atoms with Crippen LogP contribution in [0.3, 0.4) is 0 Å². The van der Waals surface area contributed by atoms with Gasteiger partial charge in [-0.2, -0.15) is 4.31 Å². The van der Waals surface area contributed by atoms with Gasteiger partial charge in [0.1, 0.15) is 11.6 Å². The predicted octanol–water partition coefficient (Wildman–Crippen LogP) is 2.08. The first-order chi connectivity index (χ1) is 14.4. The first kappa shape index (κ1) is 20.9. The van der Waals surface area contributed by atoms with Crippen molar-refractivity contribution < 1.29 is 22.0 Å². The number of carbonyl (C=O) groups excluding carboxylic acids is 1. The molecule has 1 unspecified atom stereocenters. The summed E-state index contributed by atoms with van der Waals surface area (Å²) >= 11 is 0. The van der Waals surface area contributed by atoms with Crippen LogP contribution in [0.15, 0.2) is 29.3 Å². The molecule has 1 saturated carbocycles. The number of halogens is 2. The average molecular weight is 439 g/mol. The van der Waals surface area contributed by atoms with Crippen LogP contribution in [0.1, 0.15) is 49.0 Å². The molecule has 11 heteroatoms. The van der Waals surface area contributed by atoms with Crippen molar-refractivity contribution >= 4 is 15.9 Å². The zero-order valence-corrected chi connectivity index (χ0v) is 17.1. The van der Waals surface area contributed by atoms with Gasteiger partial charge in [-0.1, -0.05) is 17.7 Å². The summed E-state index contributed by atoms with van der Waals surface area (Å²) in [4.78, 5) is 11.1. The molecule has 1 aliphatic heterocycles. The number of piperidine rings is 1. The quantitative estimate of drug-likeness (QED) is 0.713. The smallest absolute Gasteiger partial charge is 0.273 e. The lowest BCUT2D eigenvalue weighted by atomic mass is 10.0. The van der Waals surface area contributed by atoms with Crippen LogP contribution in [0.5, 0.6) is 0 Å². The van der Waals surface area contributed by atoms with Crippen LogP contribution in [0, 0.1) is 11.6 Å². The van der Waals surface area contributed by atoms with E-state index in [0.717, 1.165) is 37.5 Å². The maximum Gasteiger partial charge on any atom is 0.273 e. The molecule has 2 aromatic rings. The zero-order valence-electron chi connectivity index (χ0n) is 16.3. The Bertz CT molecular complexity index is 1020. The van der Waals surface area contributed by atoms with Crippen LogP contribution in [0.4, 0.5) is 8.78 Å². The minimum Gasteiger partial charge on any atom is -0.348 e. The second-order valence-electron chi connectivity index (χ2n) is 7.72. The van der Waals surface area contributed by atoms with Gasteiger partial charge >= 0.3 is 0 Å². The summed E-state index contributed by atoms with van der Waals surface area (Å²) in [5.74, 6) is -2.47. The summed E-state index contributed by atoms with van der Waals surface area (Å²) in [6.07, 6.45) is 5.88. The summed E-state index contributed by atoms with van der Waals surface area (Å²) in [5, 5.41) is 10.6. The molecule has 0 bridgehead atoms. The SMILES string of the molecule is O=C(NC1CC1)c1cn(CCC2CCCCN2S(=O)(=O)c2c(F)cccc2F)nn1. The van der Waals surface area contributed by atoms with Crippen LogP contribution in [0.2, 0.25) is 0 Å². The van der Waals surface area contributed by atoms with Gasteiger partial charge in [-0.15, -0.1) is 5.10 Å². The molecule has 2 heterocycles. The van der Waals surface area contributed by atoms with E-state index < -0.39 is 32.6 Å². The van der Waals surface area contributed by atoms with E-state index in [4.69, 9.17) is 0 Å². The molecule has 2 aliphatic rings. The Morgan fingerprint density at radius 2 is 1.90 bits per heavy atom. The highest BCUT2D eigenvalue weighted by molar-refractivity contribution is 7.89. The number of aromatic nitrogens is 3. The van der Waals surface area contributed by atoms with Gasteiger partial charge in [-0.3, -0.25) is 9.48 Å². The lowest BCUT2D eigenvalue weighted by Gasteiger charge is -2.34. The molecular weight excluding hydrogens is 416 g/mol. The van der Waals surface area contributed by atoms with Crippen molar-refractivity contribution in [2.45, 2.75) is 62.0 Å². The highest BCUT2D eigenvalue weighted by Crippen LogP contribution is 2.30. The van der Waals surface area contributed by atoms with Gasteiger partial charge in [0.25, 0.3) is 5.91 Å². The molecule has 1 aliphatic carbocycles. The van der Waals surface area contributed by atoms with Crippen molar-refractivity contribution in [2.24, 2.45) is 0 Å². The van der Waals surface area contributed by atoms with E-state index in [1.807, 2.05) is 0 Å². The predicted molar refractivity (Wildman–Crippen MR) is 103 cm³/mol. The highest BCUT2D eigenvalue weighted by atomic mass is 32.2. The first-order valence-corrected chi connectivity index (χ1v) is 11.5. The van der Waals surface area contributed by atoms with Gasteiger partial charge in [-0.25, -0.2) is 17.2 Å². The van der Waals surface area contributed by atoms with E-state index >= 15 is 0 Å². The Kier molecular flexibility index (Phi) is 5.83. The number of nitrogens with one attached hydrogen (secondary N) is 1. The fourth-order valence-electron chi connectivity index (χ4n) is 3.71. The summed E-state index contributed by atoms with van der Waals surface area (Å²) < 4.78 is 57.0. The lowest BCUT2D eigenvalue weighted by molar-refractivity contribution is 0.0946. The molecule has 1 saturated heterocycles. The maximum absolute atomic E-state index is 14.1. The van der Waals surface area contributed by atoms with Gasteiger partial charge in [0, 0.05) is 25.2 Å². The zero-order chi connectivity index (χ0) is 21.3. The summed E-state index contributed by atoms with van der Waals surface area (Å²) in [6, 6.07) is 2.81. The molecule has 1 aromatic carbocycles. The van der Waals surface area contributed by atoms with Gasteiger partial charge in [0.05, 0.1) is 6.20 Å². The number of amides is 1. The van der Waals surface area contributed by atoms with Gasteiger partial charge in [-0.05, 0) is 44.2 Å². The number of aryl methyl sites for hydroxylation is 1. The number of hydrogen-bond donors (Lipinski definition) is 1. The molecule has 8 nitrogen and oxygen atoms in total.